The van der Waals surface area contributed by atoms with Gasteiger partial charge in [-0.1, -0.05) is 46.3 Å². The Bertz CT molecular complexity index is 563. The van der Waals surface area contributed by atoms with Crippen molar-refractivity contribution >= 4 is 15.9 Å². The van der Waals surface area contributed by atoms with Crippen LogP contribution in [0.3, 0.4) is 0 Å². The summed E-state index contributed by atoms with van der Waals surface area (Å²) in [4.78, 5) is 0. The number of hydrogen-bond acceptors (Lipinski definition) is 1. The number of hydrogen-bond donors (Lipinski definition) is 0. The lowest BCUT2D eigenvalue weighted by molar-refractivity contribution is 0.459. The predicted octanol–water partition coefficient (Wildman–Crippen LogP) is 4.71. The molecule has 0 saturated heterocycles. The first-order chi connectivity index (χ1) is 8.86. The molecule has 18 heavy (non-hydrogen) atoms. The van der Waals surface area contributed by atoms with E-state index in [0.717, 1.165) is 29.7 Å². The number of fused-ring (bicyclic) bond motifs is 2. The van der Waals surface area contributed by atoms with Crippen molar-refractivity contribution in [2.24, 2.45) is 0 Å². The molecule has 0 saturated carbocycles. The Morgan fingerprint density at radius 3 is 2.72 bits per heavy atom. The van der Waals surface area contributed by atoms with Crippen LogP contribution in [0.4, 0.5) is 0 Å². The van der Waals surface area contributed by atoms with Crippen molar-refractivity contribution in [3.8, 4) is 11.5 Å². The Balaban J connectivity index is 1.89. The van der Waals surface area contributed by atoms with Gasteiger partial charge >= 0.3 is 0 Å². The van der Waals surface area contributed by atoms with Crippen LogP contribution in [0.1, 0.15) is 23.1 Å². The van der Waals surface area contributed by atoms with E-state index in [0.29, 0.717) is 0 Å². The van der Waals surface area contributed by atoms with E-state index >= 15 is 0 Å². The molecule has 0 aliphatic carbocycles. The number of halogens is 1. The third-order valence-electron chi connectivity index (χ3n) is 3.30. The van der Waals surface area contributed by atoms with Gasteiger partial charge in [-0.25, -0.2) is 0 Å². The number of aryl methyl sites for hydroxylation is 1. The van der Waals surface area contributed by atoms with Crippen molar-refractivity contribution in [1.82, 2.24) is 0 Å². The minimum atomic E-state index is 0.980. The number of benzene rings is 2. The van der Waals surface area contributed by atoms with Crippen LogP contribution in [-0.2, 0) is 12.8 Å². The zero-order valence-electron chi connectivity index (χ0n) is 10.2. The highest BCUT2D eigenvalue weighted by Gasteiger charge is 2.16. The topological polar surface area (TPSA) is 9.23 Å². The van der Waals surface area contributed by atoms with Crippen LogP contribution in [0.5, 0.6) is 11.5 Å². The predicted molar refractivity (Wildman–Crippen MR) is 77.9 cm³/mol. The molecule has 0 amide bonds. The summed E-state index contributed by atoms with van der Waals surface area (Å²) in [5.41, 5.74) is 3.99. The third kappa shape index (κ3) is 2.30. The molecule has 3 rings (SSSR count). The van der Waals surface area contributed by atoms with Gasteiger partial charge in [0.1, 0.15) is 11.5 Å². The number of alkyl halides is 1. The lowest BCUT2D eigenvalue weighted by atomic mass is 9.97. The summed E-state index contributed by atoms with van der Waals surface area (Å²) < 4.78 is 5.93. The summed E-state index contributed by atoms with van der Waals surface area (Å²) >= 11 is 3.48. The molecule has 0 fully saturated rings. The maximum Gasteiger partial charge on any atom is 0.130 e. The Kier molecular flexibility index (Phi) is 3.37. The molecule has 0 radical (unpaired) electrons. The minimum absolute atomic E-state index is 0.980. The fourth-order valence-corrected chi connectivity index (χ4v) is 2.65. The molecule has 2 heteroatoms. The van der Waals surface area contributed by atoms with Gasteiger partial charge < -0.3 is 4.74 Å². The third-order valence-corrected chi connectivity index (χ3v) is 3.86. The second kappa shape index (κ2) is 5.15. The summed E-state index contributed by atoms with van der Waals surface area (Å²) in [5, 5.41) is 1.06. The van der Waals surface area contributed by atoms with Crippen LogP contribution >= 0.6 is 15.9 Å². The molecule has 2 aromatic carbocycles. The molecule has 0 N–H and O–H groups in total. The normalized spacial score (nSPS) is 12.5. The quantitative estimate of drug-likeness (QED) is 0.637. The van der Waals surface area contributed by atoms with E-state index in [1.54, 1.807) is 0 Å². The molecule has 0 spiro atoms. The maximum atomic E-state index is 5.93. The van der Waals surface area contributed by atoms with E-state index in [1.807, 2.05) is 12.1 Å². The van der Waals surface area contributed by atoms with Crippen molar-refractivity contribution in [2.75, 3.05) is 5.33 Å². The maximum absolute atomic E-state index is 5.93. The first-order valence-electron chi connectivity index (χ1n) is 6.30. The molecular weight excluding hydrogens is 288 g/mol. The first kappa shape index (κ1) is 11.8. The van der Waals surface area contributed by atoms with Crippen molar-refractivity contribution in [1.29, 1.82) is 0 Å². The van der Waals surface area contributed by atoms with E-state index in [1.165, 1.54) is 23.1 Å². The van der Waals surface area contributed by atoms with E-state index in [9.17, 15) is 0 Å². The van der Waals surface area contributed by atoms with Crippen molar-refractivity contribution in [3.63, 3.8) is 0 Å². The summed E-state index contributed by atoms with van der Waals surface area (Å²) in [5.74, 6) is 2.01. The highest BCUT2D eigenvalue weighted by Crippen LogP contribution is 2.36. The zero-order valence-corrected chi connectivity index (χ0v) is 11.7. The van der Waals surface area contributed by atoms with Crippen LogP contribution in [0.15, 0.2) is 42.5 Å². The summed E-state index contributed by atoms with van der Waals surface area (Å²) in [6.07, 6.45) is 3.28. The van der Waals surface area contributed by atoms with Crippen LogP contribution in [-0.4, -0.2) is 5.33 Å². The van der Waals surface area contributed by atoms with E-state index in [-0.39, 0.29) is 0 Å². The molecule has 92 valence electrons. The van der Waals surface area contributed by atoms with Gasteiger partial charge in [0.25, 0.3) is 0 Å². The Morgan fingerprint density at radius 2 is 1.83 bits per heavy atom. The lowest BCUT2D eigenvalue weighted by Gasteiger charge is -2.20. The van der Waals surface area contributed by atoms with E-state index in [4.69, 9.17) is 4.74 Å². The fraction of sp³-hybridized carbons (Fsp3) is 0.250. The summed E-state index contributed by atoms with van der Waals surface area (Å²) in [6, 6.07) is 14.8. The molecule has 0 unspecified atom stereocenters. The summed E-state index contributed by atoms with van der Waals surface area (Å²) in [6.45, 7) is 0. The minimum Gasteiger partial charge on any atom is -0.457 e. The Morgan fingerprint density at radius 1 is 1.00 bits per heavy atom. The van der Waals surface area contributed by atoms with Crippen LogP contribution in [0.25, 0.3) is 0 Å². The SMILES string of the molecule is BrCCCc1ccc2c(c1)Cc1ccccc1O2. The molecule has 0 aromatic heterocycles. The largest absolute Gasteiger partial charge is 0.457 e. The molecular formula is C16H15BrO. The first-order valence-corrected chi connectivity index (χ1v) is 7.42. The van der Waals surface area contributed by atoms with Gasteiger partial charge in [-0.2, -0.15) is 0 Å². The van der Waals surface area contributed by atoms with Gasteiger partial charge in [0.15, 0.2) is 0 Å². The van der Waals surface area contributed by atoms with E-state index < -0.39 is 0 Å². The number of para-hydroxylation sites is 1. The second-order valence-corrected chi connectivity index (χ2v) is 5.41. The van der Waals surface area contributed by atoms with Gasteiger partial charge in [-0.15, -0.1) is 0 Å². The zero-order chi connectivity index (χ0) is 12.4. The average Bonchev–Trinajstić information content (AvgIpc) is 2.42. The molecule has 0 bridgehead atoms. The number of rotatable bonds is 3. The van der Waals surface area contributed by atoms with E-state index in [2.05, 4.69) is 46.3 Å². The van der Waals surface area contributed by atoms with Crippen molar-refractivity contribution < 1.29 is 4.74 Å². The Hall–Kier alpha value is -1.28. The molecule has 1 nitrogen and oxygen atoms in total. The highest BCUT2D eigenvalue weighted by atomic mass is 79.9. The van der Waals surface area contributed by atoms with Gasteiger partial charge in [-0.3, -0.25) is 0 Å². The van der Waals surface area contributed by atoms with Crippen LogP contribution in [0.2, 0.25) is 0 Å². The van der Waals surface area contributed by atoms with Crippen molar-refractivity contribution in [2.45, 2.75) is 19.3 Å². The van der Waals surface area contributed by atoms with Gasteiger partial charge in [0.05, 0.1) is 0 Å². The number of ether oxygens (including phenoxy) is 1. The molecule has 1 heterocycles. The second-order valence-electron chi connectivity index (χ2n) is 4.62. The standard InChI is InChI=1S/C16H15BrO/c17-9-3-4-12-7-8-16-14(10-12)11-13-5-1-2-6-15(13)18-16/h1-2,5-8,10H,3-4,9,11H2. The Labute approximate surface area is 116 Å². The highest BCUT2D eigenvalue weighted by molar-refractivity contribution is 9.09. The van der Waals surface area contributed by atoms with Gasteiger partial charge in [-0.05, 0) is 41.7 Å². The van der Waals surface area contributed by atoms with Crippen LogP contribution in [0, 0.1) is 0 Å². The molecule has 1 aliphatic heterocycles. The lowest BCUT2D eigenvalue weighted by Crippen LogP contribution is -2.03. The average molecular weight is 303 g/mol. The molecule has 1 aliphatic rings. The summed E-state index contributed by atoms with van der Waals surface area (Å²) in [7, 11) is 0. The fourth-order valence-electron chi connectivity index (χ4n) is 2.37. The van der Waals surface area contributed by atoms with Gasteiger partial charge in [0.2, 0.25) is 0 Å². The smallest absolute Gasteiger partial charge is 0.130 e. The van der Waals surface area contributed by atoms with Gasteiger partial charge in [0, 0.05) is 11.8 Å². The molecule has 2 aromatic rings. The molecule has 0 atom stereocenters. The van der Waals surface area contributed by atoms with Crippen LogP contribution < -0.4 is 4.74 Å². The monoisotopic (exact) mass is 302 g/mol. The van der Waals surface area contributed by atoms with Crippen molar-refractivity contribution in [3.05, 3.63) is 59.2 Å².